The van der Waals surface area contributed by atoms with E-state index in [2.05, 4.69) is 4.98 Å². The van der Waals surface area contributed by atoms with Crippen LogP contribution in [0.4, 0.5) is 23.8 Å². The van der Waals surface area contributed by atoms with E-state index in [1.807, 2.05) is 4.90 Å². The van der Waals surface area contributed by atoms with Crippen molar-refractivity contribution in [3.05, 3.63) is 23.4 Å². The van der Waals surface area contributed by atoms with E-state index in [4.69, 9.17) is 4.74 Å². The molecular weight excluding hydrogens is 323 g/mol. The first-order chi connectivity index (χ1) is 11.0. The Hall–Kier alpha value is -1.99. The van der Waals surface area contributed by atoms with Gasteiger partial charge in [0.15, 0.2) is 0 Å². The van der Waals surface area contributed by atoms with Gasteiger partial charge in [-0.2, -0.15) is 13.2 Å². The maximum Gasteiger partial charge on any atom is 0.417 e. The summed E-state index contributed by atoms with van der Waals surface area (Å²) in [6, 6.07) is 1.11. The van der Waals surface area contributed by atoms with Crippen LogP contribution in [0.1, 0.15) is 31.9 Å². The van der Waals surface area contributed by atoms with E-state index in [0.29, 0.717) is 37.4 Å². The van der Waals surface area contributed by atoms with E-state index in [0.717, 1.165) is 6.20 Å². The van der Waals surface area contributed by atoms with Crippen LogP contribution in [-0.4, -0.2) is 47.3 Å². The predicted octanol–water partition coefficient (Wildman–Crippen LogP) is 3.08. The smallest absolute Gasteiger partial charge is 0.417 e. The van der Waals surface area contributed by atoms with Crippen LogP contribution in [0, 0.1) is 0 Å². The molecule has 24 heavy (non-hydrogen) atoms. The first kappa shape index (κ1) is 16.9. The van der Waals surface area contributed by atoms with E-state index in [1.165, 1.54) is 6.07 Å². The van der Waals surface area contributed by atoms with Crippen molar-refractivity contribution in [2.24, 2.45) is 0 Å². The van der Waals surface area contributed by atoms with Crippen LogP contribution in [0.3, 0.4) is 0 Å². The molecule has 0 aliphatic carbocycles. The van der Waals surface area contributed by atoms with Crippen molar-refractivity contribution in [2.45, 2.75) is 45.0 Å². The number of carbonyl (C=O) groups is 1. The minimum Gasteiger partial charge on any atom is -0.444 e. The summed E-state index contributed by atoms with van der Waals surface area (Å²) < 4.78 is 43.9. The molecule has 8 heteroatoms. The molecule has 1 atom stereocenters. The summed E-state index contributed by atoms with van der Waals surface area (Å²) in [5.74, 6) is 0.594. The fourth-order valence-electron chi connectivity index (χ4n) is 3.12. The van der Waals surface area contributed by atoms with Gasteiger partial charge in [0.25, 0.3) is 0 Å². The Balaban J connectivity index is 1.73. The van der Waals surface area contributed by atoms with Gasteiger partial charge in [-0.1, -0.05) is 0 Å². The number of piperazine rings is 1. The molecule has 1 unspecified atom stereocenters. The lowest BCUT2D eigenvalue weighted by atomic mass is 10.1. The number of anilines is 1. The molecule has 3 rings (SSSR count). The summed E-state index contributed by atoms with van der Waals surface area (Å²) in [5, 5.41) is 0. The standard InChI is InChI=1S/C16H20F3N3O2/c1-15(2,3)24-14(23)21-4-5-22-12(9-21)7-10-6-11(16(17,18)19)8-20-13(10)22/h6,8,12H,4-5,7,9H2,1-3H3. The number of alkyl halides is 3. The Bertz CT molecular complexity index is 655. The summed E-state index contributed by atoms with van der Waals surface area (Å²) in [4.78, 5) is 19.8. The van der Waals surface area contributed by atoms with E-state index < -0.39 is 17.3 Å². The van der Waals surface area contributed by atoms with Gasteiger partial charge in [-0.25, -0.2) is 9.78 Å². The molecule has 2 aliphatic heterocycles. The second-order valence-corrected chi connectivity index (χ2v) is 7.18. The summed E-state index contributed by atoms with van der Waals surface area (Å²) in [5.41, 5.74) is -0.721. The molecule has 0 bridgehead atoms. The maximum atomic E-state index is 12.8. The Morgan fingerprint density at radius 2 is 2.00 bits per heavy atom. The number of hydrogen-bond acceptors (Lipinski definition) is 4. The first-order valence-electron chi connectivity index (χ1n) is 7.85. The molecule has 1 amide bonds. The minimum absolute atomic E-state index is 0.0581. The molecule has 0 aromatic carbocycles. The number of hydrogen-bond donors (Lipinski definition) is 0. The van der Waals surface area contributed by atoms with Gasteiger partial charge in [0.1, 0.15) is 11.4 Å². The second kappa shape index (κ2) is 5.53. The number of ether oxygens (including phenoxy) is 1. The molecule has 132 valence electrons. The van der Waals surface area contributed by atoms with Crippen LogP contribution < -0.4 is 4.90 Å². The lowest BCUT2D eigenvalue weighted by Gasteiger charge is -2.38. The number of fused-ring (bicyclic) bond motifs is 3. The van der Waals surface area contributed by atoms with Gasteiger partial charge in [-0.05, 0) is 38.8 Å². The van der Waals surface area contributed by atoms with Crippen LogP contribution in [-0.2, 0) is 17.3 Å². The van der Waals surface area contributed by atoms with Gasteiger partial charge in [-0.15, -0.1) is 0 Å². The number of aromatic nitrogens is 1. The molecule has 0 spiro atoms. The monoisotopic (exact) mass is 343 g/mol. The normalized spacial score (nSPS) is 20.7. The zero-order valence-corrected chi connectivity index (χ0v) is 13.9. The molecule has 1 aromatic rings. The highest BCUT2D eigenvalue weighted by molar-refractivity contribution is 5.69. The highest BCUT2D eigenvalue weighted by atomic mass is 19.4. The van der Waals surface area contributed by atoms with Crippen molar-refractivity contribution in [1.82, 2.24) is 9.88 Å². The molecule has 1 aromatic heterocycles. The van der Waals surface area contributed by atoms with E-state index in [9.17, 15) is 18.0 Å². The zero-order valence-electron chi connectivity index (χ0n) is 13.9. The van der Waals surface area contributed by atoms with E-state index in [-0.39, 0.29) is 12.1 Å². The van der Waals surface area contributed by atoms with Gasteiger partial charge in [-0.3, -0.25) is 0 Å². The molecule has 3 heterocycles. The Kier molecular flexibility index (Phi) is 3.88. The molecule has 5 nitrogen and oxygen atoms in total. The number of rotatable bonds is 0. The van der Waals surface area contributed by atoms with Gasteiger partial charge in [0, 0.05) is 25.8 Å². The molecule has 0 saturated carbocycles. The van der Waals surface area contributed by atoms with Crippen LogP contribution in [0.2, 0.25) is 0 Å². The van der Waals surface area contributed by atoms with Crippen LogP contribution in [0.25, 0.3) is 0 Å². The van der Waals surface area contributed by atoms with Crippen molar-refractivity contribution in [2.75, 3.05) is 24.5 Å². The quantitative estimate of drug-likeness (QED) is 0.726. The fourth-order valence-corrected chi connectivity index (χ4v) is 3.12. The third-order valence-electron chi connectivity index (χ3n) is 4.13. The van der Waals surface area contributed by atoms with Gasteiger partial charge < -0.3 is 14.5 Å². The zero-order chi connectivity index (χ0) is 17.7. The topological polar surface area (TPSA) is 45.7 Å². The minimum atomic E-state index is -4.40. The molecule has 0 radical (unpaired) electrons. The second-order valence-electron chi connectivity index (χ2n) is 7.18. The first-order valence-corrected chi connectivity index (χ1v) is 7.85. The summed E-state index contributed by atoms with van der Waals surface area (Å²) in [7, 11) is 0. The molecule has 1 saturated heterocycles. The summed E-state index contributed by atoms with van der Waals surface area (Å²) >= 11 is 0. The van der Waals surface area contributed by atoms with Crippen LogP contribution >= 0.6 is 0 Å². The predicted molar refractivity (Wildman–Crippen MR) is 81.9 cm³/mol. The molecule has 1 fully saturated rings. The number of carbonyl (C=O) groups excluding carboxylic acids is 1. The van der Waals surface area contributed by atoms with Crippen LogP contribution in [0.5, 0.6) is 0 Å². The van der Waals surface area contributed by atoms with Crippen molar-refractivity contribution in [3.8, 4) is 0 Å². The van der Waals surface area contributed by atoms with Crippen molar-refractivity contribution in [3.63, 3.8) is 0 Å². The Morgan fingerprint density at radius 1 is 1.29 bits per heavy atom. The summed E-state index contributed by atoms with van der Waals surface area (Å²) in [6.45, 7) is 6.83. The number of halogens is 3. The van der Waals surface area contributed by atoms with E-state index >= 15 is 0 Å². The van der Waals surface area contributed by atoms with Crippen molar-refractivity contribution < 1.29 is 22.7 Å². The van der Waals surface area contributed by atoms with Gasteiger partial charge >= 0.3 is 12.3 Å². The maximum absolute atomic E-state index is 12.8. The van der Waals surface area contributed by atoms with Crippen molar-refractivity contribution in [1.29, 1.82) is 0 Å². The van der Waals surface area contributed by atoms with E-state index in [1.54, 1.807) is 25.7 Å². The average molecular weight is 343 g/mol. The molecular formula is C16H20F3N3O2. The van der Waals surface area contributed by atoms with Crippen molar-refractivity contribution >= 4 is 11.9 Å². The Morgan fingerprint density at radius 3 is 2.62 bits per heavy atom. The lowest BCUT2D eigenvalue weighted by molar-refractivity contribution is -0.137. The highest BCUT2D eigenvalue weighted by Crippen LogP contribution is 2.37. The largest absolute Gasteiger partial charge is 0.444 e. The SMILES string of the molecule is CC(C)(C)OC(=O)N1CCN2c3ncc(C(F)(F)F)cc3CC2C1. The Labute approximate surface area is 138 Å². The van der Waals surface area contributed by atoms with Crippen LogP contribution in [0.15, 0.2) is 12.3 Å². The number of nitrogens with zero attached hydrogens (tertiary/aromatic N) is 3. The number of pyridine rings is 1. The average Bonchev–Trinajstić information content (AvgIpc) is 2.81. The molecule has 0 N–H and O–H groups in total. The van der Waals surface area contributed by atoms with Gasteiger partial charge in [0.05, 0.1) is 11.6 Å². The fraction of sp³-hybridized carbons (Fsp3) is 0.625. The molecule has 2 aliphatic rings. The highest BCUT2D eigenvalue weighted by Gasteiger charge is 2.39. The summed E-state index contributed by atoms with van der Waals surface area (Å²) in [6.07, 6.45) is -3.46. The third kappa shape index (κ3) is 3.27. The lowest BCUT2D eigenvalue weighted by Crippen LogP contribution is -2.54. The number of amides is 1. The van der Waals surface area contributed by atoms with Gasteiger partial charge in [0.2, 0.25) is 0 Å². The third-order valence-corrected chi connectivity index (χ3v) is 4.13.